The van der Waals surface area contributed by atoms with Crippen LogP contribution in [0.1, 0.15) is 46.1 Å². The van der Waals surface area contributed by atoms with Crippen LogP contribution in [0.4, 0.5) is 18.9 Å². The second kappa shape index (κ2) is 9.59. The van der Waals surface area contributed by atoms with Gasteiger partial charge in [-0.05, 0) is 71.6 Å². The second-order valence-corrected chi connectivity index (χ2v) is 9.74. The van der Waals surface area contributed by atoms with Crippen molar-refractivity contribution < 1.29 is 22.8 Å². The van der Waals surface area contributed by atoms with E-state index in [-0.39, 0.29) is 5.69 Å². The molecule has 1 atom stereocenters. The number of likely N-dealkylation sites (tertiary alicyclic amines) is 1. The summed E-state index contributed by atoms with van der Waals surface area (Å²) in [6.07, 6.45) is -3.24. The molecule has 2 aromatic heterocycles. The Kier molecular flexibility index (Phi) is 6.48. The van der Waals surface area contributed by atoms with Gasteiger partial charge < -0.3 is 15.2 Å². The molecule has 2 amide bonds. The van der Waals surface area contributed by atoms with Crippen LogP contribution < -0.4 is 5.32 Å². The second-order valence-electron chi connectivity index (χ2n) is 8.52. The Balaban J connectivity index is 1.48. The van der Waals surface area contributed by atoms with Gasteiger partial charge in [-0.1, -0.05) is 11.6 Å². The number of carbonyl (C=O) groups is 2. The highest BCUT2D eigenvalue weighted by atomic mass is 35.5. The number of imidazole rings is 1. The number of anilines is 1. The normalized spacial score (nSPS) is 14.8. The molecule has 0 radical (unpaired) electrons. The van der Waals surface area contributed by atoms with Gasteiger partial charge in [0.05, 0.1) is 22.2 Å². The van der Waals surface area contributed by atoms with Crippen molar-refractivity contribution in [2.45, 2.75) is 24.9 Å². The molecule has 1 fully saturated rings. The third kappa shape index (κ3) is 4.83. The molecule has 4 aromatic rings. The number of aromatic amines is 1. The molecule has 1 unspecified atom stereocenters. The van der Waals surface area contributed by atoms with Crippen molar-refractivity contribution in [3.63, 3.8) is 0 Å². The maximum Gasteiger partial charge on any atom is 0.417 e. The number of carbonyl (C=O) groups excluding carboxylic acids is 2. The first-order valence-electron chi connectivity index (χ1n) is 11.2. The summed E-state index contributed by atoms with van der Waals surface area (Å²) >= 11 is 7.45. The largest absolute Gasteiger partial charge is 0.417 e. The van der Waals surface area contributed by atoms with Gasteiger partial charge in [-0.3, -0.25) is 9.59 Å². The molecule has 36 heavy (non-hydrogen) atoms. The van der Waals surface area contributed by atoms with Crippen LogP contribution in [-0.4, -0.2) is 39.8 Å². The Morgan fingerprint density at radius 1 is 1.11 bits per heavy atom. The van der Waals surface area contributed by atoms with Crippen LogP contribution in [0.2, 0.25) is 5.02 Å². The topological polar surface area (TPSA) is 78.1 Å². The fourth-order valence-electron chi connectivity index (χ4n) is 4.36. The third-order valence-corrected chi connectivity index (χ3v) is 7.03. The van der Waals surface area contributed by atoms with Gasteiger partial charge in [-0.15, -0.1) is 0 Å². The van der Waals surface area contributed by atoms with Crippen LogP contribution in [-0.2, 0) is 11.0 Å². The molecule has 1 saturated heterocycles. The zero-order valence-corrected chi connectivity index (χ0v) is 20.3. The number of halogens is 4. The Hall–Kier alpha value is -3.37. The van der Waals surface area contributed by atoms with Crippen molar-refractivity contribution in [1.29, 1.82) is 0 Å². The van der Waals surface area contributed by atoms with Crippen molar-refractivity contribution in [2.75, 3.05) is 18.4 Å². The Morgan fingerprint density at radius 3 is 2.58 bits per heavy atom. The lowest BCUT2D eigenvalue weighted by atomic mass is 9.99. The Morgan fingerprint density at radius 2 is 1.89 bits per heavy atom. The smallest absolute Gasteiger partial charge is 0.341 e. The van der Waals surface area contributed by atoms with Crippen LogP contribution in [0.5, 0.6) is 0 Å². The molecule has 0 bridgehead atoms. The summed E-state index contributed by atoms with van der Waals surface area (Å²) in [6.45, 7) is 0.860. The SMILES string of the molecule is O=C(Nc1ccc(C(=O)N2CCCC2)c(C(F)(F)F)c1)C(c1ccsc1)c1nc2ccc(Cl)cc2[nH]1. The summed E-state index contributed by atoms with van der Waals surface area (Å²) in [4.78, 5) is 35.1. The van der Waals surface area contributed by atoms with Crippen LogP contribution >= 0.6 is 22.9 Å². The first-order valence-corrected chi connectivity index (χ1v) is 12.5. The van der Waals surface area contributed by atoms with Gasteiger partial charge in [-0.25, -0.2) is 4.98 Å². The number of nitrogens with one attached hydrogen (secondary N) is 2. The number of benzene rings is 2. The third-order valence-electron chi connectivity index (χ3n) is 6.09. The van der Waals surface area contributed by atoms with Crippen molar-refractivity contribution in [3.05, 3.63) is 80.8 Å². The minimum absolute atomic E-state index is 0.0651. The molecule has 0 spiro atoms. The number of fused-ring (bicyclic) bond motifs is 1. The van der Waals surface area contributed by atoms with Crippen LogP contribution in [0, 0.1) is 0 Å². The van der Waals surface area contributed by atoms with Crippen molar-refractivity contribution in [1.82, 2.24) is 14.9 Å². The number of thiophene rings is 1. The predicted octanol–water partition coefficient (Wildman–Crippen LogP) is 6.30. The highest BCUT2D eigenvalue weighted by molar-refractivity contribution is 7.08. The Bertz CT molecular complexity index is 1430. The minimum Gasteiger partial charge on any atom is -0.341 e. The van der Waals surface area contributed by atoms with E-state index in [0.29, 0.717) is 40.5 Å². The molecule has 11 heteroatoms. The first kappa shape index (κ1) is 24.3. The van der Waals surface area contributed by atoms with Crippen LogP contribution in [0.3, 0.4) is 0 Å². The van der Waals surface area contributed by atoms with Crippen molar-refractivity contribution in [3.8, 4) is 0 Å². The quantitative estimate of drug-likeness (QED) is 0.316. The lowest BCUT2D eigenvalue weighted by molar-refractivity contribution is -0.138. The van der Waals surface area contributed by atoms with E-state index < -0.39 is 35.0 Å². The highest BCUT2D eigenvalue weighted by Crippen LogP contribution is 2.36. The Labute approximate surface area is 213 Å². The van der Waals surface area contributed by atoms with E-state index in [4.69, 9.17) is 11.6 Å². The number of aromatic nitrogens is 2. The zero-order chi connectivity index (χ0) is 25.4. The maximum absolute atomic E-state index is 13.9. The number of hydrogen-bond donors (Lipinski definition) is 2. The average Bonchev–Trinajstić information content (AvgIpc) is 3.60. The zero-order valence-electron chi connectivity index (χ0n) is 18.7. The molecule has 1 aliphatic rings. The van der Waals surface area contributed by atoms with Crippen LogP contribution in [0.25, 0.3) is 11.0 Å². The van der Waals surface area contributed by atoms with E-state index in [0.717, 1.165) is 25.0 Å². The van der Waals surface area contributed by atoms with Crippen molar-refractivity contribution in [2.24, 2.45) is 0 Å². The lowest BCUT2D eigenvalue weighted by Gasteiger charge is -2.20. The summed E-state index contributed by atoms with van der Waals surface area (Å²) in [5.41, 5.74) is 0.305. The van der Waals surface area contributed by atoms with Gasteiger partial charge in [0, 0.05) is 23.8 Å². The maximum atomic E-state index is 13.9. The van der Waals surface area contributed by atoms with E-state index in [1.165, 1.54) is 22.3 Å². The number of alkyl halides is 3. The van der Waals surface area contributed by atoms with Crippen LogP contribution in [0.15, 0.2) is 53.2 Å². The van der Waals surface area contributed by atoms with Gasteiger partial charge in [0.1, 0.15) is 11.7 Å². The predicted molar refractivity (Wildman–Crippen MR) is 132 cm³/mol. The average molecular weight is 533 g/mol. The molecule has 186 valence electrons. The number of hydrogen-bond acceptors (Lipinski definition) is 4. The van der Waals surface area contributed by atoms with Gasteiger partial charge in [0.25, 0.3) is 5.91 Å². The molecule has 5 rings (SSSR count). The van der Waals surface area contributed by atoms with Gasteiger partial charge >= 0.3 is 6.18 Å². The molecule has 0 saturated carbocycles. The summed E-state index contributed by atoms with van der Waals surface area (Å²) in [5, 5.41) is 6.67. The monoisotopic (exact) mass is 532 g/mol. The fourth-order valence-corrected chi connectivity index (χ4v) is 5.22. The number of H-pyrrole nitrogens is 1. The molecule has 2 N–H and O–H groups in total. The standard InChI is InChI=1S/C25H20ClF3N4O2S/c26-15-3-6-19-20(11-15)32-22(31-19)21(14-7-10-36-13-14)23(34)30-16-4-5-17(18(12-16)25(27,28)29)24(35)33-8-1-2-9-33/h3-7,10-13,21H,1-2,8-9H2,(H,30,34)(H,31,32). The number of rotatable bonds is 5. The molecular formula is C25H20ClF3N4O2S. The van der Waals surface area contributed by atoms with Crippen molar-refractivity contribution >= 4 is 51.5 Å². The fraction of sp³-hybridized carbons (Fsp3) is 0.240. The first-order chi connectivity index (χ1) is 17.2. The van der Waals surface area contributed by atoms with Gasteiger partial charge in [0.15, 0.2) is 0 Å². The summed E-state index contributed by atoms with van der Waals surface area (Å²) in [7, 11) is 0. The molecular weight excluding hydrogens is 513 g/mol. The minimum atomic E-state index is -4.77. The highest BCUT2D eigenvalue weighted by Gasteiger charge is 2.37. The number of amides is 2. The molecule has 3 heterocycles. The summed E-state index contributed by atoms with van der Waals surface area (Å²) in [5.74, 6) is -1.79. The lowest BCUT2D eigenvalue weighted by Crippen LogP contribution is -2.30. The summed E-state index contributed by atoms with van der Waals surface area (Å²) in [6, 6.07) is 10.1. The van der Waals surface area contributed by atoms with E-state index in [1.807, 2.05) is 0 Å². The molecule has 2 aromatic carbocycles. The van der Waals surface area contributed by atoms with E-state index >= 15 is 0 Å². The number of nitrogens with zero attached hydrogens (tertiary/aromatic N) is 2. The molecule has 0 aliphatic carbocycles. The molecule has 6 nitrogen and oxygen atoms in total. The van der Waals surface area contributed by atoms with Gasteiger partial charge in [-0.2, -0.15) is 24.5 Å². The molecule has 1 aliphatic heterocycles. The van der Waals surface area contributed by atoms with Gasteiger partial charge in [0.2, 0.25) is 5.91 Å². The summed E-state index contributed by atoms with van der Waals surface area (Å²) < 4.78 is 41.7. The van der Waals surface area contributed by atoms with E-state index in [1.54, 1.807) is 35.0 Å². The van der Waals surface area contributed by atoms with E-state index in [2.05, 4.69) is 15.3 Å². The van der Waals surface area contributed by atoms with E-state index in [9.17, 15) is 22.8 Å².